The van der Waals surface area contributed by atoms with Gasteiger partial charge in [-0.15, -0.1) is 5.10 Å². The summed E-state index contributed by atoms with van der Waals surface area (Å²) in [5.41, 5.74) is 2.31. The SMILES string of the molecule is Cc1nnnn1-c1cccc(NC(=O)C=Cc2cccnc2)c1. The first kappa shape index (κ1) is 14.6. The van der Waals surface area contributed by atoms with Crippen LogP contribution in [0.2, 0.25) is 0 Å². The molecule has 3 rings (SSSR count). The number of anilines is 1. The first-order valence-corrected chi connectivity index (χ1v) is 6.97. The van der Waals surface area contributed by atoms with Crippen molar-refractivity contribution in [2.45, 2.75) is 6.92 Å². The van der Waals surface area contributed by atoms with Gasteiger partial charge in [-0.1, -0.05) is 12.1 Å². The van der Waals surface area contributed by atoms with Crippen LogP contribution >= 0.6 is 0 Å². The Hall–Kier alpha value is -3.35. The third-order valence-electron chi connectivity index (χ3n) is 3.10. The van der Waals surface area contributed by atoms with Crippen molar-refractivity contribution >= 4 is 17.7 Å². The highest BCUT2D eigenvalue weighted by atomic mass is 16.1. The number of hydrogen-bond acceptors (Lipinski definition) is 5. The lowest BCUT2D eigenvalue weighted by Crippen LogP contribution is -2.08. The molecule has 0 saturated heterocycles. The molecule has 0 aliphatic heterocycles. The summed E-state index contributed by atoms with van der Waals surface area (Å²) in [4.78, 5) is 16.0. The molecule has 0 atom stereocenters. The van der Waals surface area contributed by atoms with Crippen molar-refractivity contribution in [1.82, 2.24) is 25.2 Å². The van der Waals surface area contributed by atoms with E-state index in [0.29, 0.717) is 11.5 Å². The molecule has 0 aliphatic rings. The Morgan fingerprint density at radius 2 is 2.17 bits per heavy atom. The summed E-state index contributed by atoms with van der Waals surface area (Å²) < 4.78 is 1.60. The van der Waals surface area contributed by atoms with Crippen LogP contribution in [-0.2, 0) is 4.79 Å². The van der Waals surface area contributed by atoms with Crippen molar-refractivity contribution in [3.05, 3.63) is 66.3 Å². The van der Waals surface area contributed by atoms with Crippen LogP contribution in [0.3, 0.4) is 0 Å². The van der Waals surface area contributed by atoms with Gasteiger partial charge in [-0.05, 0) is 53.3 Å². The first-order chi connectivity index (χ1) is 11.2. The van der Waals surface area contributed by atoms with Crippen molar-refractivity contribution < 1.29 is 4.79 Å². The van der Waals surface area contributed by atoms with Crippen LogP contribution in [0.1, 0.15) is 11.4 Å². The number of carbonyl (C=O) groups is 1. The average Bonchev–Trinajstić information content (AvgIpc) is 3.00. The van der Waals surface area contributed by atoms with Gasteiger partial charge in [-0.25, -0.2) is 0 Å². The van der Waals surface area contributed by atoms with Crippen LogP contribution in [0.4, 0.5) is 5.69 Å². The summed E-state index contributed by atoms with van der Waals surface area (Å²) >= 11 is 0. The van der Waals surface area contributed by atoms with E-state index < -0.39 is 0 Å². The highest BCUT2D eigenvalue weighted by Crippen LogP contribution is 2.14. The Morgan fingerprint density at radius 3 is 2.91 bits per heavy atom. The number of hydrogen-bond donors (Lipinski definition) is 1. The normalized spacial score (nSPS) is 10.8. The molecule has 1 aromatic carbocycles. The minimum absolute atomic E-state index is 0.223. The minimum atomic E-state index is -0.223. The molecule has 2 aromatic heterocycles. The Bertz CT molecular complexity index is 841. The summed E-state index contributed by atoms with van der Waals surface area (Å²) in [6, 6.07) is 11.0. The standard InChI is InChI=1S/C16H14N6O/c1-12-19-20-21-22(12)15-6-2-5-14(10-15)18-16(23)8-7-13-4-3-9-17-11-13/h2-11H,1H3,(H,18,23). The molecule has 0 saturated carbocycles. The number of pyridine rings is 1. The molecule has 23 heavy (non-hydrogen) atoms. The van der Waals surface area contributed by atoms with E-state index in [0.717, 1.165) is 11.3 Å². The fourth-order valence-electron chi connectivity index (χ4n) is 2.02. The van der Waals surface area contributed by atoms with Gasteiger partial charge in [-0.2, -0.15) is 4.68 Å². The molecule has 1 amide bonds. The van der Waals surface area contributed by atoms with E-state index in [9.17, 15) is 4.79 Å². The molecule has 0 unspecified atom stereocenters. The van der Waals surface area contributed by atoms with E-state index in [2.05, 4.69) is 25.8 Å². The van der Waals surface area contributed by atoms with Crippen molar-refractivity contribution in [1.29, 1.82) is 0 Å². The topological polar surface area (TPSA) is 85.6 Å². The lowest BCUT2D eigenvalue weighted by atomic mass is 10.2. The van der Waals surface area contributed by atoms with E-state index in [4.69, 9.17) is 0 Å². The highest BCUT2D eigenvalue weighted by molar-refractivity contribution is 6.02. The van der Waals surface area contributed by atoms with Gasteiger partial charge in [0.25, 0.3) is 0 Å². The Kier molecular flexibility index (Phi) is 4.19. The van der Waals surface area contributed by atoms with Crippen LogP contribution in [0, 0.1) is 6.92 Å². The zero-order valence-corrected chi connectivity index (χ0v) is 12.4. The second-order valence-electron chi connectivity index (χ2n) is 4.80. The van der Waals surface area contributed by atoms with Gasteiger partial charge in [-0.3, -0.25) is 9.78 Å². The molecule has 0 spiro atoms. The molecule has 0 bridgehead atoms. The van der Waals surface area contributed by atoms with Crippen molar-refractivity contribution in [2.24, 2.45) is 0 Å². The third kappa shape index (κ3) is 3.65. The quantitative estimate of drug-likeness (QED) is 0.745. The number of rotatable bonds is 4. The third-order valence-corrected chi connectivity index (χ3v) is 3.10. The maximum Gasteiger partial charge on any atom is 0.248 e. The molecular formula is C16H14N6O. The van der Waals surface area contributed by atoms with Crippen LogP contribution in [0.15, 0.2) is 54.9 Å². The van der Waals surface area contributed by atoms with E-state index in [1.54, 1.807) is 35.3 Å². The van der Waals surface area contributed by atoms with E-state index >= 15 is 0 Å². The van der Waals surface area contributed by atoms with Crippen LogP contribution in [0.25, 0.3) is 11.8 Å². The van der Waals surface area contributed by atoms with Crippen LogP contribution in [-0.4, -0.2) is 31.1 Å². The fraction of sp³-hybridized carbons (Fsp3) is 0.0625. The first-order valence-electron chi connectivity index (χ1n) is 6.97. The highest BCUT2D eigenvalue weighted by Gasteiger charge is 2.05. The second-order valence-corrected chi connectivity index (χ2v) is 4.80. The Labute approximate surface area is 132 Å². The van der Waals surface area contributed by atoms with Crippen molar-refractivity contribution in [2.75, 3.05) is 5.32 Å². The maximum atomic E-state index is 12.0. The number of aromatic nitrogens is 5. The monoisotopic (exact) mass is 306 g/mol. The van der Waals surface area contributed by atoms with E-state index in [-0.39, 0.29) is 5.91 Å². The number of tetrazole rings is 1. The number of amides is 1. The van der Waals surface area contributed by atoms with Crippen LogP contribution < -0.4 is 5.32 Å². The molecule has 0 aliphatic carbocycles. The largest absolute Gasteiger partial charge is 0.322 e. The van der Waals surface area contributed by atoms with Crippen molar-refractivity contribution in [3.63, 3.8) is 0 Å². The lowest BCUT2D eigenvalue weighted by Gasteiger charge is -2.06. The number of carbonyl (C=O) groups excluding carboxylic acids is 1. The molecule has 7 nitrogen and oxygen atoms in total. The predicted octanol–water partition coefficient (Wildman–Crippen LogP) is 2.02. The molecule has 7 heteroatoms. The number of benzene rings is 1. The molecule has 2 heterocycles. The molecule has 0 radical (unpaired) electrons. The Balaban J connectivity index is 1.72. The number of nitrogens with one attached hydrogen (secondary N) is 1. The van der Waals surface area contributed by atoms with Gasteiger partial charge in [0.1, 0.15) is 0 Å². The zero-order chi connectivity index (χ0) is 16.1. The maximum absolute atomic E-state index is 12.0. The molecule has 3 aromatic rings. The summed E-state index contributed by atoms with van der Waals surface area (Å²) in [5, 5.41) is 14.2. The van der Waals surface area contributed by atoms with E-state index in [1.807, 2.05) is 31.2 Å². The summed E-state index contributed by atoms with van der Waals surface area (Å²) in [7, 11) is 0. The van der Waals surface area contributed by atoms with Gasteiger partial charge in [0.05, 0.1) is 5.69 Å². The van der Waals surface area contributed by atoms with Gasteiger partial charge < -0.3 is 5.32 Å². The summed E-state index contributed by atoms with van der Waals surface area (Å²) in [5.74, 6) is 0.449. The fourth-order valence-corrected chi connectivity index (χ4v) is 2.02. The molecule has 0 fully saturated rings. The van der Waals surface area contributed by atoms with Gasteiger partial charge in [0.2, 0.25) is 5.91 Å². The molecule has 1 N–H and O–H groups in total. The van der Waals surface area contributed by atoms with E-state index in [1.165, 1.54) is 6.08 Å². The summed E-state index contributed by atoms with van der Waals surface area (Å²) in [6.07, 6.45) is 6.54. The van der Waals surface area contributed by atoms with Gasteiger partial charge >= 0.3 is 0 Å². The minimum Gasteiger partial charge on any atom is -0.322 e. The summed E-state index contributed by atoms with van der Waals surface area (Å²) in [6.45, 7) is 1.81. The zero-order valence-electron chi connectivity index (χ0n) is 12.4. The Morgan fingerprint density at radius 1 is 1.26 bits per heavy atom. The predicted molar refractivity (Wildman–Crippen MR) is 85.8 cm³/mol. The van der Waals surface area contributed by atoms with Gasteiger partial charge in [0.15, 0.2) is 5.82 Å². The number of nitrogens with zero attached hydrogens (tertiary/aromatic N) is 5. The smallest absolute Gasteiger partial charge is 0.248 e. The second kappa shape index (κ2) is 6.61. The van der Waals surface area contributed by atoms with Gasteiger partial charge in [0, 0.05) is 24.2 Å². The molecule has 114 valence electrons. The van der Waals surface area contributed by atoms with Crippen molar-refractivity contribution in [3.8, 4) is 5.69 Å². The molecular weight excluding hydrogens is 292 g/mol. The lowest BCUT2D eigenvalue weighted by molar-refractivity contribution is -0.111. The number of aryl methyl sites for hydroxylation is 1. The van der Waals surface area contributed by atoms with Crippen LogP contribution in [0.5, 0.6) is 0 Å². The average molecular weight is 306 g/mol.